The highest BCUT2D eigenvalue weighted by Crippen LogP contribution is 2.33. The maximum absolute atomic E-state index is 12.7. The van der Waals surface area contributed by atoms with Crippen LogP contribution in [0.4, 0.5) is 5.95 Å². The minimum absolute atomic E-state index is 0. The van der Waals surface area contributed by atoms with E-state index in [4.69, 9.17) is 38.4 Å². The summed E-state index contributed by atoms with van der Waals surface area (Å²) in [6.07, 6.45) is 1.82. The largest absolute Gasteiger partial charge is 1.00 e. The molecule has 6 nitrogen and oxygen atoms in total. The van der Waals surface area contributed by atoms with Crippen LogP contribution >= 0.6 is 23.2 Å². The lowest BCUT2D eigenvalue weighted by molar-refractivity contribution is -0.667. The lowest BCUT2D eigenvalue weighted by atomic mass is 10.1. The topological polar surface area (TPSA) is 70.4 Å². The normalized spacial score (nSPS) is 12.0. The first-order chi connectivity index (χ1) is 12.9. The highest BCUT2D eigenvalue weighted by atomic mass is 79.9. The van der Waals surface area contributed by atoms with Crippen LogP contribution in [0.1, 0.15) is 10.4 Å². The van der Waals surface area contributed by atoms with Crippen LogP contribution in [-0.2, 0) is 13.6 Å². The van der Waals surface area contributed by atoms with E-state index in [2.05, 4.69) is 0 Å². The molecule has 4 rings (SSSR count). The molecule has 0 atom stereocenters. The number of carbonyl (C=O) groups excluding carboxylic acids is 1. The summed E-state index contributed by atoms with van der Waals surface area (Å²) in [5, 5.41) is 0.936. The quantitative estimate of drug-likeness (QED) is 0.432. The number of nitrogens with two attached hydrogens (primary N) is 1. The second kappa shape index (κ2) is 8.03. The highest BCUT2D eigenvalue weighted by Gasteiger charge is 2.22. The Morgan fingerprint density at radius 1 is 1.14 bits per heavy atom. The Hall–Kier alpha value is -2.22. The molecular formula is C19H16BrCl2N3O3. The molecule has 146 valence electrons. The first-order valence-corrected chi connectivity index (χ1v) is 8.92. The second-order valence-electron chi connectivity index (χ2n) is 6.18. The van der Waals surface area contributed by atoms with Gasteiger partial charge in [-0.3, -0.25) is 10.5 Å². The monoisotopic (exact) mass is 483 g/mol. The van der Waals surface area contributed by atoms with Gasteiger partial charge in [0.1, 0.15) is 18.4 Å². The summed E-state index contributed by atoms with van der Waals surface area (Å²) in [6, 6.07) is 10.5. The SMILES string of the molecule is Cn1c(-c2ccc(Cl)c(Cl)c2)c[n+](CC(=O)c2ccc3c(c2)OCO3)c1N.[Br-]. The third-order valence-corrected chi connectivity index (χ3v) is 5.24. The van der Waals surface area contributed by atoms with Crippen molar-refractivity contribution >= 4 is 34.9 Å². The van der Waals surface area contributed by atoms with Gasteiger partial charge in [-0.2, -0.15) is 0 Å². The molecule has 0 saturated carbocycles. The van der Waals surface area contributed by atoms with Crippen molar-refractivity contribution in [1.82, 2.24) is 4.57 Å². The first kappa shape index (κ1) is 20.5. The molecule has 0 fully saturated rings. The van der Waals surface area contributed by atoms with Crippen molar-refractivity contribution in [2.24, 2.45) is 7.05 Å². The molecule has 2 N–H and O–H groups in total. The molecule has 0 saturated heterocycles. The molecule has 1 aromatic heterocycles. The highest BCUT2D eigenvalue weighted by molar-refractivity contribution is 6.42. The number of rotatable bonds is 4. The number of ether oxygens (including phenoxy) is 2. The molecule has 1 aliphatic rings. The zero-order chi connectivity index (χ0) is 19.1. The van der Waals surface area contributed by atoms with E-state index >= 15 is 0 Å². The molecule has 2 heterocycles. The number of ketones is 1. The number of nitrogens with zero attached hydrogens (tertiary/aromatic N) is 2. The minimum Gasteiger partial charge on any atom is -1.00 e. The molecule has 28 heavy (non-hydrogen) atoms. The van der Waals surface area contributed by atoms with E-state index in [-0.39, 0.29) is 36.1 Å². The molecular weight excluding hydrogens is 469 g/mol. The van der Waals surface area contributed by atoms with E-state index in [1.807, 2.05) is 19.3 Å². The van der Waals surface area contributed by atoms with Gasteiger partial charge in [-0.05, 0) is 36.4 Å². The van der Waals surface area contributed by atoms with E-state index < -0.39 is 0 Å². The number of halogens is 3. The second-order valence-corrected chi connectivity index (χ2v) is 6.99. The number of hydrogen-bond donors (Lipinski definition) is 1. The summed E-state index contributed by atoms with van der Waals surface area (Å²) in [5.74, 6) is 1.57. The zero-order valence-corrected chi connectivity index (χ0v) is 17.9. The number of benzene rings is 2. The Kier molecular flexibility index (Phi) is 5.88. The molecule has 0 spiro atoms. The Morgan fingerprint density at radius 2 is 1.89 bits per heavy atom. The third-order valence-electron chi connectivity index (χ3n) is 4.50. The number of aromatic nitrogens is 2. The number of anilines is 1. The van der Waals surface area contributed by atoms with Crippen molar-refractivity contribution in [3.63, 3.8) is 0 Å². The first-order valence-electron chi connectivity index (χ1n) is 8.17. The standard InChI is InChI=1S/C19H15Cl2N3O3.BrH/c1-23-15(11-2-4-13(20)14(21)6-11)8-24(19(23)22)9-16(25)12-3-5-17-18(7-12)27-10-26-17;/h2-8,22H,9-10H2,1H3;1H. The Morgan fingerprint density at radius 3 is 2.64 bits per heavy atom. The minimum atomic E-state index is -0.0868. The van der Waals surface area contributed by atoms with Crippen LogP contribution in [0.2, 0.25) is 10.0 Å². The predicted molar refractivity (Wildman–Crippen MR) is 102 cm³/mol. The van der Waals surface area contributed by atoms with Gasteiger partial charge in [0.2, 0.25) is 6.79 Å². The summed E-state index contributed by atoms with van der Waals surface area (Å²) in [4.78, 5) is 12.7. The average molecular weight is 485 g/mol. The van der Waals surface area contributed by atoms with Gasteiger partial charge >= 0.3 is 5.95 Å². The number of nitrogen functional groups attached to an aromatic ring is 1. The molecule has 3 aromatic rings. The van der Waals surface area contributed by atoms with E-state index in [1.54, 1.807) is 39.5 Å². The Labute approximate surface area is 182 Å². The van der Waals surface area contributed by atoms with E-state index in [0.717, 1.165) is 11.3 Å². The van der Waals surface area contributed by atoms with Crippen LogP contribution in [0.15, 0.2) is 42.6 Å². The molecule has 2 aromatic carbocycles. The van der Waals surface area contributed by atoms with Gasteiger partial charge < -0.3 is 26.5 Å². The van der Waals surface area contributed by atoms with Crippen molar-refractivity contribution in [2.45, 2.75) is 6.54 Å². The van der Waals surface area contributed by atoms with Gasteiger partial charge in [0.15, 0.2) is 17.3 Å². The van der Waals surface area contributed by atoms with Crippen molar-refractivity contribution in [2.75, 3.05) is 12.5 Å². The summed E-state index contributed by atoms with van der Waals surface area (Å²) in [6.45, 7) is 0.265. The van der Waals surface area contributed by atoms with Crippen LogP contribution in [0.25, 0.3) is 11.3 Å². The van der Waals surface area contributed by atoms with Crippen molar-refractivity contribution in [3.05, 3.63) is 58.2 Å². The van der Waals surface area contributed by atoms with Crippen LogP contribution in [0, 0.1) is 0 Å². The van der Waals surface area contributed by atoms with Gasteiger partial charge in [0.05, 0.1) is 17.1 Å². The molecule has 0 radical (unpaired) electrons. The van der Waals surface area contributed by atoms with Gasteiger partial charge in [-0.1, -0.05) is 23.2 Å². The van der Waals surface area contributed by atoms with Gasteiger partial charge in [-0.15, -0.1) is 0 Å². The van der Waals surface area contributed by atoms with Crippen molar-refractivity contribution in [3.8, 4) is 22.8 Å². The van der Waals surface area contributed by atoms with Crippen LogP contribution in [-0.4, -0.2) is 17.1 Å². The van der Waals surface area contributed by atoms with Gasteiger partial charge in [0.25, 0.3) is 0 Å². The molecule has 0 amide bonds. The van der Waals surface area contributed by atoms with Crippen LogP contribution in [0.3, 0.4) is 0 Å². The fourth-order valence-corrected chi connectivity index (χ4v) is 3.28. The van der Waals surface area contributed by atoms with Crippen molar-refractivity contribution < 1.29 is 35.8 Å². The van der Waals surface area contributed by atoms with Crippen LogP contribution in [0.5, 0.6) is 11.5 Å². The number of Topliss-reactive ketones (excluding diaryl/α,β-unsaturated/α-hetero) is 1. The van der Waals surface area contributed by atoms with Crippen molar-refractivity contribution in [1.29, 1.82) is 0 Å². The molecule has 0 aliphatic carbocycles. The predicted octanol–water partition coefficient (Wildman–Crippen LogP) is 0.484. The van der Waals surface area contributed by atoms with Gasteiger partial charge in [-0.25, -0.2) is 9.13 Å². The summed E-state index contributed by atoms with van der Waals surface area (Å²) in [7, 11) is 1.83. The average Bonchev–Trinajstić information content (AvgIpc) is 3.23. The molecule has 9 heteroatoms. The zero-order valence-electron chi connectivity index (χ0n) is 14.8. The van der Waals surface area contributed by atoms with E-state index in [9.17, 15) is 4.79 Å². The number of hydrogen-bond acceptors (Lipinski definition) is 4. The van der Waals surface area contributed by atoms with E-state index in [1.165, 1.54) is 0 Å². The van der Waals surface area contributed by atoms with E-state index in [0.29, 0.717) is 33.1 Å². The fraction of sp³-hybridized carbons (Fsp3) is 0.158. The summed E-state index contributed by atoms with van der Waals surface area (Å²) < 4.78 is 14.1. The van der Waals surface area contributed by atoms with Crippen LogP contribution < -0.4 is 36.8 Å². The molecule has 0 unspecified atom stereocenters. The maximum Gasteiger partial charge on any atom is 0.355 e. The molecule has 1 aliphatic heterocycles. The summed E-state index contributed by atoms with van der Waals surface area (Å²) in [5.41, 5.74) is 8.41. The number of fused-ring (bicyclic) bond motifs is 1. The third kappa shape index (κ3) is 3.70. The lowest BCUT2D eigenvalue weighted by Gasteiger charge is -2.02. The number of carbonyl (C=O) groups is 1. The van der Waals surface area contributed by atoms with Gasteiger partial charge in [0, 0.05) is 11.1 Å². The molecule has 0 bridgehead atoms. The fourth-order valence-electron chi connectivity index (χ4n) is 2.98. The lowest BCUT2D eigenvalue weighted by Crippen LogP contribution is -3.00. The Bertz CT molecular complexity index is 1070. The maximum atomic E-state index is 12.7. The summed E-state index contributed by atoms with van der Waals surface area (Å²) >= 11 is 12.1. The smallest absolute Gasteiger partial charge is 0.355 e. The number of imidazole rings is 1. The Balaban J connectivity index is 0.00000225.